The SMILES string of the molecule is O=c1[nH]c2c(c(=O)n1-c1cc(F)cc(F)c1)C[C@H](c1ccccc1)N2. The van der Waals surface area contributed by atoms with E-state index in [2.05, 4.69) is 10.3 Å². The highest BCUT2D eigenvalue weighted by Gasteiger charge is 2.27. The Kier molecular flexibility index (Phi) is 3.49. The minimum Gasteiger partial charge on any atom is -0.364 e. The molecule has 3 aromatic rings. The van der Waals surface area contributed by atoms with Crippen molar-refractivity contribution < 1.29 is 8.78 Å². The number of H-pyrrole nitrogens is 1. The largest absolute Gasteiger partial charge is 0.364 e. The van der Waals surface area contributed by atoms with Crippen LogP contribution in [0.5, 0.6) is 0 Å². The summed E-state index contributed by atoms with van der Waals surface area (Å²) in [5.41, 5.74) is -0.139. The maximum atomic E-state index is 13.5. The van der Waals surface area contributed by atoms with Gasteiger partial charge in [0.15, 0.2) is 0 Å². The fraction of sp³-hybridized carbons (Fsp3) is 0.111. The smallest absolute Gasteiger partial charge is 0.334 e. The summed E-state index contributed by atoms with van der Waals surface area (Å²) in [4.78, 5) is 27.6. The maximum absolute atomic E-state index is 13.5. The van der Waals surface area contributed by atoms with E-state index in [1.807, 2.05) is 30.3 Å². The Hall–Kier alpha value is -3.22. The molecule has 1 aliphatic rings. The van der Waals surface area contributed by atoms with E-state index in [9.17, 15) is 18.4 Å². The van der Waals surface area contributed by atoms with Crippen LogP contribution in [-0.2, 0) is 6.42 Å². The second-order valence-corrected chi connectivity index (χ2v) is 5.86. The molecule has 0 saturated carbocycles. The number of hydrogen-bond donors (Lipinski definition) is 2. The minimum absolute atomic E-state index is 0.144. The van der Waals surface area contributed by atoms with Crippen LogP contribution in [0.4, 0.5) is 14.6 Å². The highest BCUT2D eigenvalue weighted by atomic mass is 19.1. The molecule has 0 saturated heterocycles. The third kappa shape index (κ3) is 2.63. The monoisotopic (exact) mass is 341 g/mol. The quantitative estimate of drug-likeness (QED) is 0.753. The molecule has 0 aliphatic carbocycles. The van der Waals surface area contributed by atoms with E-state index in [0.717, 1.165) is 22.3 Å². The van der Waals surface area contributed by atoms with Crippen LogP contribution < -0.4 is 16.6 Å². The summed E-state index contributed by atoms with van der Waals surface area (Å²) in [6.07, 6.45) is 0.368. The van der Waals surface area contributed by atoms with Gasteiger partial charge in [0.2, 0.25) is 0 Å². The van der Waals surface area contributed by atoms with E-state index in [1.54, 1.807) is 0 Å². The molecule has 126 valence electrons. The number of aromatic nitrogens is 2. The average molecular weight is 341 g/mol. The Labute approximate surface area is 140 Å². The number of anilines is 1. The maximum Gasteiger partial charge on any atom is 0.334 e. The summed E-state index contributed by atoms with van der Waals surface area (Å²) < 4.78 is 27.7. The van der Waals surface area contributed by atoms with Crippen molar-refractivity contribution in [2.24, 2.45) is 0 Å². The molecule has 0 spiro atoms. The van der Waals surface area contributed by atoms with Crippen molar-refractivity contribution in [3.63, 3.8) is 0 Å². The zero-order chi connectivity index (χ0) is 17.6. The van der Waals surface area contributed by atoms with Crippen LogP contribution in [0.1, 0.15) is 17.2 Å². The fourth-order valence-electron chi connectivity index (χ4n) is 3.10. The molecule has 1 atom stereocenters. The predicted molar refractivity (Wildman–Crippen MR) is 89.1 cm³/mol. The predicted octanol–water partition coefficient (Wildman–Crippen LogP) is 2.51. The molecule has 1 aromatic heterocycles. The molecule has 2 aromatic carbocycles. The van der Waals surface area contributed by atoms with Gasteiger partial charge < -0.3 is 5.32 Å². The van der Waals surface area contributed by atoms with Gasteiger partial charge in [0.1, 0.15) is 17.5 Å². The minimum atomic E-state index is -0.859. The van der Waals surface area contributed by atoms with Gasteiger partial charge in [-0.1, -0.05) is 30.3 Å². The van der Waals surface area contributed by atoms with Crippen LogP contribution in [0.25, 0.3) is 5.69 Å². The third-order valence-corrected chi connectivity index (χ3v) is 4.23. The van der Waals surface area contributed by atoms with Crippen LogP contribution in [0.3, 0.4) is 0 Å². The number of rotatable bonds is 2. The van der Waals surface area contributed by atoms with Crippen molar-refractivity contribution in [3.8, 4) is 5.69 Å². The Morgan fingerprint density at radius 3 is 2.36 bits per heavy atom. The molecular weight excluding hydrogens is 328 g/mol. The molecule has 5 nitrogen and oxygen atoms in total. The molecule has 0 fully saturated rings. The molecule has 1 aliphatic heterocycles. The van der Waals surface area contributed by atoms with Gasteiger partial charge in [0, 0.05) is 12.5 Å². The lowest BCUT2D eigenvalue weighted by Gasteiger charge is -2.10. The summed E-state index contributed by atoms with van der Waals surface area (Å²) in [5.74, 6) is -1.37. The number of nitrogens with zero attached hydrogens (tertiary/aromatic N) is 1. The number of halogens is 2. The Balaban J connectivity index is 1.82. The van der Waals surface area contributed by atoms with Gasteiger partial charge >= 0.3 is 5.69 Å². The van der Waals surface area contributed by atoms with E-state index in [-0.39, 0.29) is 11.7 Å². The van der Waals surface area contributed by atoms with E-state index in [4.69, 9.17) is 0 Å². The van der Waals surface area contributed by atoms with Crippen LogP contribution >= 0.6 is 0 Å². The van der Waals surface area contributed by atoms with Crippen LogP contribution in [0.15, 0.2) is 58.1 Å². The lowest BCUT2D eigenvalue weighted by Crippen LogP contribution is -2.35. The molecule has 2 N–H and O–H groups in total. The van der Waals surface area contributed by atoms with Gasteiger partial charge in [-0.2, -0.15) is 0 Å². The highest BCUT2D eigenvalue weighted by molar-refractivity contribution is 5.52. The van der Waals surface area contributed by atoms with Crippen LogP contribution in [0, 0.1) is 11.6 Å². The Bertz CT molecular complexity index is 1050. The van der Waals surface area contributed by atoms with Crippen molar-refractivity contribution in [2.45, 2.75) is 12.5 Å². The summed E-state index contributed by atoms with van der Waals surface area (Å²) in [6.45, 7) is 0. The van der Waals surface area contributed by atoms with Crippen molar-refractivity contribution in [1.29, 1.82) is 0 Å². The van der Waals surface area contributed by atoms with Crippen molar-refractivity contribution in [2.75, 3.05) is 5.32 Å². The summed E-state index contributed by atoms with van der Waals surface area (Å²) in [7, 11) is 0. The molecular formula is C18H13F2N3O2. The summed E-state index contributed by atoms with van der Waals surface area (Å²) in [5, 5.41) is 3.12. The van der Waals surface area contributed by atoms with Crippen molar-refractivity contribution in [1.82, 2.24) is 9.55 Å². The first-order chi connectivity index (χ1) is 12.0. The molecule has 0 bridgehead atoms. The van der Waals surface area contributed by atoms with Crippen molar-refractivity contribution >= 4 is 5.82 Å². The van der Waals surface area contributed by atoms with E-state index >= 15 is 0 Å². The second-order valence-electron chi connectivity index (χ2n) is 5.86. The molecule has 4 rings (SSSR count). The normalized spacial score (nSPS) is 15.7. The fourth-order valence-corrected chi connectivity index (χ4v) is 3.10. The first-order valence-corrected chi connectivity index (χ1v) is 7.69. The highest BCUT2D eigenvalue weighted by Crippen LogP contribution is 2.30. The summed E-state index contributed by atoms with van der Waals surface area (Å²) in [6, 6.07) is 11.9. The standard InChI is InChI=1S/C18H13F2N3O2/c19-11-6-12(20)8-13(7-11)23-17(24)14-9-15(10-4-2-1-3-5-10)21-16(14)22-18(23)25/h1-8,15,21H,9H2,(H,22,25)/t15-/m1/s1. The van der Waals surface area contributed by atoms with Crippen LogP contribution in [0.2, 0.25) is 0 Å². The Morgan fingerprint density at radius 1 is 1.00 bits per heavy atom. The van der Waals surface area contributed by atoms with E-state index in [0.29, 0.717) is 23.9 Å². The van der Waals surface area contributed by atoms with Crippen LogP contribution in [-0.4, -0.2) is 9.55 Å². The first-order valence-electron chi connectivity index (χ1n) is 7.69. The lowest BCUT2D eigenvalue weighted by atomic mass is 10.0. The number of nitrogens with one attached hydrogen (secondary N) is 2. The van der Waals surface area contributed by atoms with Gasteiger partial charge in [0.25, 0.3) is 5.56 Å². The van der Waals surface area contributed by atoms with Gasteiger partial charge in [-0.25, -0.2) is 18.1 Å². The average Bonchev–Trinajstić information content (AvgIpc) is 2.99. The van der Waals surface area contributed by atoms with E-state index < -0.39 is 22.9 Å². The molecule has 2 heterocycles. The number of fused-ring (bicyclic) bond motifs is 1. The molecule has 0 radical (unpaired) electrons. The molecule has 7 heteroatoms. The lowest BCUT2D eigenvalue weighted by molar-refractivity contribution is 0.580. The number of aromatic amines is 1. The van der Waals surface area contributed by atoms with Gasteiger partial charge in [-0.15, -0.1) is 0 Å². The second kappa shape index (κ2) is 5.70. The van der Waals surface area contributed by atoms with Gasteiger partial charge in [0.05, 0.1) is 17.3 Å². The number of hydrogen-bond acceptors (Lipinski definition) is 3. The number of benzene rings is 2. The molecule has 0 amide bonds. The molecule has 0 unspecified atom stereocenters. The van der Waals surface area contributed by atoms with Gasteiger partial charge in [-0.05, 0) is 17.7 Å². The topological polar surface area (TPSA) is 66.9 Å². The third-order valence-electron chi connectivity index (χ3n) is 4.23. The van der Waals surface area contributed by atoms with Crippen molar-refractivity contribution in [3.05, 3.63) is 92.1 Å². The first kappa shape index (κ1) is 15.3. The molecule has 25 heavy (non-hydrogen) atoms. The Morgan fingerprint density at radius 2 is 1.68 bits per heavy atom. The zero-order valence-electron chi connectivity index (χ0n) is 12.9. The van der Waals surface area contributed by atoms with Gasteiger partial charge in [-0.3, -0.25) is 9.78 Å². The zero-order valence-corrected chi connectivity index (χ0v) is 12.9. The summed E-state index contributed by atoms with van der Waals surface area (Å²) >= 11 is 0. The van der Waals surface area contributed by atoms with E-state index in [1.165, 1.54) is 0 Å².